The summed E-state index contributed by atoms with van der Waals surface area (Å²) in [6.45, 7) is 0. The molecule has 1 aromatic heterocycles. The molecular weight excluding hydrogens is 408 g/mol. The Morgan fingerprint density at radius 2 is 2.04 bits per heavy atom. The normalized spacial score (nSPS) is 10.5. The van der Waals surface area contributed by atoms with Crippen LogP contribution in [0.15, 0.2) is 52.1 Å². The number of thioether (sulfide) groups is 1. The Bertz CT molecular complexity index is 1010. The summed E-state index contributed by atoms with van der Waals surface area (Å²) in [5.74, 6) is 0.0495. The number of rotatable bonds is 7. The van der Waals surface area contributed by atoms with Gasteiger partial charge in [0, 0.05) is 28.4 Å². The number of nitro groups is 1. The fourth-order valence-electron chi connectivity index (χ4n) is 2.21. The highest BCUT2D eigenvalue weighted by Gasteiger charge is 2.16. The first-order valence-electron chi connectivity index (χ1n) is 7.81. The number of anilines is 1. The predicted octanol–water partition coefficient (Wildman–Crippen LogP) is 4.04. The summed E-state index contributed by atoms with van der Waals surface area (Å²) in [5, 5.41) is 22.2. The Labute approximate surface area is 168 Å². The second-order valence-corrected chi connectivity index (χ2v) is 6.72. The molecule has 2 aromatic carbocycles. The standard InChI is InChI=1S/C17H13ClN4O5S/c1-26-14-8-12(6-7-13(14)22(24)25)19-15(23)9-28-17-21-20-16(27-17)10-2-4-11(18)5-3-10/h2-8H,9H2,1H3,(H,19,23). The van der Waals surface area contributed by atoms with Crippen molar-refractivity contribution in [2.45, 2.75) is 5.22 Å². The lowest BCUT2D eigenvalue weighted by Crippen LogP contribution is -2.14. The quantitative estimate of drug-likeness (QED) is 0.345. The van der Waals surface area contributed by atoms with E-state index in [0.29, 0.717) is 22.2 Å². The third-order valence-electron chi connectivity index (χ3n) is 3.48. The lowest BCUT2D eigenvalue weighted by atomic mass is 10.2. The number of benzene rings is 2. The fraction of sp³-hybridized carbons (Fsp3) is 0.118. The van der Waals surface area contributed by atoms with Crippen LogP contribution in [0.4, 0.5) is 11.4 Å². The summed E-state index contributed by atoms with van der Waals surface area (Å²) >= 11 is 6.91. The molecule has 3 aromatic rings. The second-order valence-electron chi connectivity index (χ2n) is 5.36. The number of nitrogens with zero attached hydrogens (tertiary/aromatic N) is 3. The van der Waals surface area contributed by atoms with Gasteiger partial charge in [0.25, 0.3) is 5.22 Å². The molecule has 0 unspecified atom stereocenters. The van der Waals surface area contributed by atoms with Crippen LogP contribution in [0.3, 0.4) is 0 Å². The van der Waals surface area contributed by atoms with E-state index in [1.165, 1.54) is 25.3 Å². The Morgan fingerprint density at radius 3 is 2.71 bits per heavy atom. The molecule has 0 aliphatic rings. The van der Waals surface area contributed by atoms with Gasteiger partial charge in [0.1, 0.15) is 0 Å². The molecule has 1 amide bonds. The SMILES string of the molecule is COc1cc(NC(=O)CSc2nnc(-c3ccc(Cl)cc3)o2)ccc1[N+](=O)[O-]. The summed E-state index contributed by atoms with van der Waals surface area (Å²) in [6, 6.07) is 11.0. The number of hydrogen-bond acceptors (Lipinski definition) is 8. The van der Waals surface area contributed by atoms with Gasteiger partial charge >= 0.3 is 5.69 Å². The minimum absolute atomic E-state index is 0.0154. The largest absolute Gasteiger partial charge is 0.490 e. The molecular formula is C17H13ClN4O5S. The van der Waals surface area contributed by atoms with Gasteiger partial charge < -0.3 is 14.5 Å². The molecule has 0 radical (unpaired) electrons. The number of ether oxygens (including phenoxy) is 1. The Morgan fingerprint density at radius 1 is 1.29 bits per heavy atom. The maximum absolute atomic E-state index is 12.1. The van der Waals surface area contributed by atoms with Crippen molar-refractivity contribution < 1.29 is 18.9 Å². The van der Waals surface area contributed by atoms with Crippen molar-refractivity contribution in [2.75, 3.05) is 18.2 Å². The molecule has 1 heterocycles. The van der Waals surface area contributed by atoms with E-state index < -0.39 is 4.92 Å². The lowest BCUT2D eigenvalue weighted by Gasteiger charge is -2.06. The van der Waals surface area contributed by atoms with E-state index >= 15 is 0 Å². The Kier molecular flexibility index (Phi) is 6.12. The summed E-state index contributed by atoms with van der Waals surface area (Å²) in [7, 11) is 1.32. The van der Waals surface area contributed by atoms with E-state index in [9.17, 15) is 14.9 Å². The van der Waals surface area contributed by atoms with Crippen LogP contribution in [0.25, 0.3) is 11.5 Å². The van der Waals surface area contributed by atoms with Crippen molar-refractivity contribution in [3.63, 3.8) is 0 Å². The van der Waals surface area contributed by atoms with E-state index in [-0.39, 0.29) is 28.3 Å². The van der Waals surface area contributed by atoms with Crippen LogP contribution in [-0.2, 0) is 4.79 Å². The zero-order chi connectivity index (χ0) is 20.1. The van der Waals surface area contributed by atoms with Gasteiger partial charge in [0.15, 0.2) is 5.75 Å². The highest BCUT2D eigenvalue weighted by atomic mass is 35.5. The van der Waals surface area contributed by atoms with Crippen LogP contribution in [0, 0.1) is 10.1 Å². The molecule has 0 fully saturated rings. The summed E-state index contributed by atoms with van der Waals surface area (Å²) in [5.41, 5.74) is 0.905. The van der Waals surface area contributed by atoms with Crippen LogP contribution >= 0.6 is 23.4 Å². The minimum atomic E-state index is -0.561. The summed E-state index contributed by atoms with van der Waals surface area (Å²) in [6.07, 6.45) is 0. The molecule has 28 heavy (non-hydrogen) atoms. The van der Waals surface area contributed by atoms with Gasteiger partial charge in [-0.05, 0) is 30.3 Å². The van der Waals surface area contributed by atoms with Crippen molar-refractivity contribution in [1.29, 1.82) is 0 Å². The number of methoxy groups -OCH3 is 1. The van der Waals surface area contributed by atoms with E-state index in [1.54, 1.807) is 24.3 Å². The number of nitro benzene ring substituents is 1. The molecule has 1 N–H and O–H groups in total. The first kappa shape index (κ1) is 19.6. The third kappa shape index (κ3) is 4.78. The van der Waals surface area contributed by atoms with E-state index in [2.05, 4.69) is 15.5 Å². The van der Waals surface area contributed by atoms with Gasteiger partial charge in [-0.3, -0.25) is 14.9 Å². The van der Waals surface area contributed by atoms with Gasteiger partial charge in [-0.1, -0.05) is 23.4 Å². The first-order chi connectivity index (χ1) is 13.5. The van der Waals surface area contributed by atoms with Crippen molar-refractivity contribution in [2.24, 2.45) is 0 Å². The molecule has 3 rings (SSSR count). The number of aromatic nitrogens is 2. The van der Waals surface area contributed by atoms with Crippen LogP contribution in [0.2, 0.25) is 5.02 Å². The van der Waals surface area contributed by atoms with Gasteiger partial charge in [-0.15, -0.1) is 10.2 Å². The molecule has 144 valence electrons. The molecule has 0 bridgehead atoms. The maximum atomic E-state index is 12.1. The molecule has 0 saturated carbocycles. The molecule has 0 aliphatic carbocycles. The van der Waals surface area contributed by atoms with Crippen LogP contribution in [0.5, 0.6) is 5.75 Å². The average molecular weight is 421 g/mol. The Balaban J connectivity index is 1.59. The molecule has 0 atom stereocenters. The summed E-state index contributed by atoms with van der Waals surface area (Å²) in [4.78, 5) is 22.4. The van der Waals surface area contributed by atoms with E-state index in [4.69, 9.17) is 20.8 Å². The topological polar surface area (TPSA) is 120 Å². The van der Waals surface area contributed by atoms with Gasteiger partial charge in [0.2, 0.25) is 11.8 Å². The molecule has 0 aliphatic heterocycles. The number of carbonyl (C=O) groups excluding carboxylic acids is 1. The number of amides is 1. The molecule has 9 nitrogen and oxygen atoms in total. The number of halogens is 1. The summed E-state index contributed by atoms with van der Waals surface area (Å²) < 4.78 is 10.5. The van der Waals surface area contributed by atoms with Gasteiger partial charge in [-0.2, -0.15) is 0 Å². The van der Waals surface area contributed by atoms with Crippen molar-refractivity contribution in [3.8, 4) is 17.2 Å². The monoisotopic (exact) mass is 420 g/mol. The van der Waals surface area contributed by atoms with Crippen LogP contribution in [-0.4, -0.2) is 33.9 Å². The first-order valence-corrected chi connectivity index (χ1v) is 9.17. The van der Waals surface area contributed by atoms with E-state index in [0.717, 1.165) is 11.8 Å². The molecule has 11 heteroatoms. The fourth-order valence-corrected chi connectivity index (χ4v) is 2.90. The van der Waals surface area contributed by atoms with E-state index in [1.807, 2.05) is 0 Å². The number of carbonyl (C=O) groups is 1. The van der Waals surface area contributed by atoms with Crippen molar-refractivity contribution >= 4 is 40.6 Å². The highest BCUT2D eigenvalue weighted by molar-refractivity contribution is 7.99. The third-order valence-corrected chi connectivity index (χ3v) is 4.55. The van der Waals surface area contributed by atoms with Gasteiger partial charge in [0.05, 0.1) is 17.8 Å². The molecule has 0 spiro atoms. The smallest absolute Gasteiger partial charge is 0.311 e. The number of hydrogen-bond donors (Lipinski definition) is 1. The minimum Gasteiger partial charge on any atom is -0.490 e. The Hall–Kier alpha value is -3.11. The number of nitrogens with one attached hydrogen (secondary N) is 1. The van der Waals surface area contributed by atoms with Crippen molar-refractivity contribution in [3.05, 3.63) is 57.6 Å². The average Bonchev–Trinajstić information content (AvgIpc) is 3.15. The second kappa shape index (κ2) is 8.72. The van der Waals surface area contributed by atoms with Gasteiger partial charge in [-0.25, -0.2) is 0 Å². The van der Waals surface area contributed by atoms with Crippen molar-refractivity contribution in [1.82, 2.24) is 10.2 Å². The lowest BCUT2D eigenvalue weighted by molar-refractivity contribution is -0.385. The predicted molar refractivity (Wildman–Crippen MR) is 104 cm³/mol. The zero-order valence-electron chi connectivity index (χ0n) is 14.4. The van der Waals surface area contributed by atoms with Crippen LogP contribution < -0.4 is 10.1 Å². The van der Waals surface area contributed by atoms with Crippen LogP contribution in [0.1, 0.15) is 0 Å². The highest BCUT2D eigenvalue weighted by Crippen LogP contribution is 2.30. The maximum Gasteiger partial charge on any atom is 0.311 e. The zero-order valence-corrected chi connectivity index (χ0v) is 16.0. The molecule has 0 saturated heterocycles.